The summed E-state index contributed by atoms with van der Waals surface area (Å²) in [5, 5.41) is 4.35. The predicted molar refractivity (Wildman–Crippen MR) is 122 cm³/mol. The van der Waals surface area contributed by atoms with Crippen molar-refractivity contribution in [3.05, 3.63) is 113 Å². The van der Waals surface area contributed by atoms with Crippen LogP contribution < -0.4 is 5.32 Å². The Morgan fingerprint density at radius 1 is 0.767 bits per heavy atom. The molecule has 1 amide bonds. The number of rotatable bonds is 5. The van der Waals surface area contributed by atoms with E-state index in [0.29, 0.717) is 27.4 Å². The maximum atomic E-state index is 12.9. The molecule has 0 heterocycles. The van der Waals surface area contributed by atoms with Crippen molar-refractivity contribution in [2.24, 2.45) is 0 Å². The number of benzene rings is 4. The fourth-order valence-electron chi connectivity index (χ4n) is 3.27. The summed E-state index contributed by atoms with van der Waals surface area (Å²) in [4.78, 5) is 25.8. The number of hydrogen-bond acceptors (Lipinski definition) is 2. The van der Waals surface area contributed by atoms with Crippen LogP contribution in [-0.4, -0.2) is 11.7 Å². The van der Waals surface area contributed by atoms with E-state index in [1.54, 1.807) is 42.5 Å². The van der Waals surface area contributed by atoms with E-state index in [2.05, 4.69) is 5.32 Å². The Kier molecular flexibility index (Phi) is 5.84. The van der Waals surface area contributed by atoms with Crippen molar-refractivity contribution in [2.45, 2.75) is 5.38 Å². The molecule has 0 fully saturated rings. The molecule has 30 heavy (non-hydrogen) atoms. The van der Waals surface area contributed by atoms with E-state index in [1.807, 2.05) is 48.5 Å². The Morgan fingerprint density at radius 2 is 1.47 bits per heavy atom. The Hall–Kier alpha value is -3.14. The first kappa shape index (κ1) is 20.1. The first-order valence-electron chi connectivity index (χ1n) is 9.36. The number of nitrogens with one attached hydrogen (secondary N) is 1. The van der Waals surface area contributed by atoms with Crippen molar-refractivity contribution < 1.29 is 9.59 Å². The van der Waals surface area contributed by atoms with Gasteiger partial charge in [0.05, 0.1) is 5.69 Å². The molecule has 4 rings (SSSR count). The molecule has 148 valence electrons. The zero-order chi connectivity index (χ0) is 21.1. The molecule has 3 nitrogen and oxygen atoms in total. The van der Waals surface area contributed by atoms with E-state index in [9.17, 15) is 9.59 Å². The summed E-state index contributed by atoms with van der Waals surface area (Å²) in [5.41, 5.74) is 1.86. The van der Waals surface area contributed by atoms with Crippen molar-refractivity contribution in [1.29, 1.82) is 0 Å². The van der Waals surface area contributed by atoms with Crippen molar-refractivity contribution in [3.63, 3.8) is 0 Å². The number of fused-ring (bicyclic) bond motifs is 1. The van der Waals surface area contributed by atoms with Gasteiger partial charge < -0.3 is 5.32 Å². The first-order chi connectivity index (χ1) is 14.5. The lowest BCUT2D eigenvalue weighted by atomic mass is 10.0. The molecule has 0 aliphatic rings. The zero-order valence-electron chi connectivity index (χ0n) is 15.8. The minimum Gasteiger partial charge on any atom is -0.324 e. The van der Waals surface area contributed by atoms with Gasteiger partial charge in [-0.1, -0.05) is 78.3 Å². The van der Waals surface area contributed by atoms with E-state index < -0.39 is 11.3 Å². The highest BCUT2D eigenvalue weighted by atomic mass is 35.5. The van der Waals surface area contributed by atoms with E-state index in [1.165, 1.54) is 0 Å². The molecule has 0 aromatic heterocycles. The third-order valence-electron chi connectivity index (χ3n) is 4.82. The molecule has 5 heteroatoms. The maximum Gasteiger partial charge on any atom is 0.246 e. The van der Waals surface area contributed by atoms with Gasteiger partial charge in [-0.15, -0.1) is 11.6 Å². The van der Waals surface area contributed by atoms with Gasteiger partial charge >= 0.3 is 0 Å². The van der Waals surface area contributed by atoms with Gasteiger partial charge in [0.15, 0.2) is 5.78 Å². The molecule has 1 N–H and O–H groups in total. The molecule has 4 aromatic carbocycles. The van der Waals surface area contributed by atoms with Gasteiger partial charge in [0.2, 0.25) is 5.91 Å². The molecule has 0 spiro atoms. The molecular formula is C25H17Cl2NO2. The Labute approximate surface area is 184 Å². The fraction of sp³-hybridized carbons (Fsp3) is 0.0400. The summed E-state index contributed by atoms with van der Waals surface area (Å²) in [6, 6.07) is 27.1. The summed E-state index contributed by atoms with van der Waals surface area (Å²) in [5.74, 6) is -0.651. The average Bonchev–Trinajstić information content (AvgIpc) is 2.79. The minimum absolute atomic E-state index is 0.231. The van der Waals surface area contributed by atoms with Crippen molar-refractivity contribution in [1.82, 2.24) is 0 Å². The van der Waals surface area contributed by atoms with Gasteiger partial charge in [-0.25, -0.2) is 0 Å². The monoisotopic (exact) mass is 433 g/mol. The summed E-state index contributed by atoms with van der Waals surface area (Å²) in [7, 11) is 0. The van der Waals surface area contributed by atoms with Crippen LogP contribution in [0.15, 0.2) is 91.0 Å². The zero-order valence-corrected chi connectivity index (χ0v) is 17.3. The lowest BCUT2D eigenvalue weighted by molar-refractivity contribution is -0.116. The number of alkyl halides is 1. The van der Waals surface area contributed by atoms with E-state index in [-0.39, 0.29) is 5.78 Å². The number of amides is 1. The normalized spacial score (nSPS) is 11.8. The molecule has 1 atom stereocenters. The molecule has 0 aliphatic carbocycles. The van der Waals surface area contributed by atoms with E-state index >= 15 is 0 Å². The van der Waals surface area contributed by atoms with Crippen LogP contribution in [-0.2, 0) is 4.79 Å². The lowest BCUT2D eigenvalue weighted by Gasteiger charge is -2.15. The maximum absolute atomic E-state index is 12.9. The number of ketones is 1. The third-order valence-corrected chi connectivity index (χ3v) is 5.50. The molecule has 0 saturated carbocycles. The fourth-order valence-corrected chi connectivity index (χ4v) is 3.63. The lowest BCUT2D eigenvalue weighted by Crippen LogP contribution is -2.19. The number of hydrogen-bond donors (Lipinski definition) is 1. The van der Waals surface area contributed by atoms with Crippen LogP contribution in [0.1, 0.15) is 26.9 Å². The number of carbonyl (C=O) groups is 2. The Bertz CT molecular complexity index is 1240. The third kappa shape index (κ3) is 4.23. The second kappa shape index (κ2) is 8.70. The van der Waals surface area contributed by atoms with Gasteiger partial charge in [0, 0.05) is 16.1 Å². The van der Waals surface area contributed by atoms with Crippen molar-refractivity contribution in [3.8, 4) is 0 Å². The molecule has 0 saturated heterocycles. The molecule has 0 bridgehead atoms. The molecular weight excluding hydrogens is 417 g/mol. The summed E-state index contributed by atoms with van der Waals surface area (Å²) in [6.45, 7) is 0. The topological polar surface area (TPSA) is 46.2 Å². The van der Waals surface area contributed by atoms with E-state index in [0.717, 1.165) is 10.8 Å². The van der Waals surface area contributed by atoms with Gasteiger partial charge in [-0.2, -0.15) is 0 Å². The van der Waals surface area contributed by atoms with Crippen LogP contribution in [0, 0.1) is 0 Å². The summed E-state index contributed by atoms with van der Waals surface area (Å²) in [6.07, 6.45) is 0. The Balaban J connectivity index is 1.61. The standard InChI is InChI=1S/C25H17Cl2NO2/c26-20-12-13-22(21(15-20)24(29)17-7-2-1-3-8-17)28-25(30)23(27)19-11-10-16-6-4-5-9-18(16)14-19/h1-15,23H,(H,28,30). The van der Waals surface area contributed by atoms with E-state index in [4.69, 9.17) is 23.2 Å². The average molecular weight is 434 g/mol. The predicted octanol–water partition coefficient (Wildman–Crippen LogP) is 6.64. The van der Waals surface area contributed by atoms with Gasteiger partial charge in [-0.05, 0) is 40.6 Å². The second-order valence-electron chi connectivity index (χ2n) is 6.84. The molecule has 4 aromatic rings. The summed E-state index contributed by atoms with van der Waals surface area (Å²) >= 11 is 12.6. The van der Waals surface area contributed by atoms with Crippen LogP contribution in [0.2, 0.25) is 5.02 Å². The largest absolute Gasteiger partial charge is 0.324 e. The van der Waals surface area contributed by atoms with Crippen LogP contribution in [0.25, 0.3) is 10.8 Å². The molecule has 1 unspecified atom stereocenters. The highest BCUT2D eigenvalue weighted by Gasteiger charge is 2.21. The van der Waals surface area contributed by atoms with Crippen LogP contribution in [0.4, 0.5) is 5.69 Å². The van der Waals surface area contributed by atoms with Gasteiger partial charge in [0.1, 0.15) is 5.38 Å². The number of carbonyl (C=O) groups excluding carboxylic acids is 2. The summed E-state index contributed by atoms with van der Waals surface area (Å²) < 4.78 is 0. The van der Waals surface area contributed by atoms with Crippen LogP contribution in [0.5, 0.6) is 0 Å². The van der Waals surface area contributed by atoms with Crippen molar-refractivity contribution in [2.75, 3.05) is 5.32 Å². The molecule has 0 aliphatic heterocycles. The van der Waals surface area contributed by atoms with Crippen LogP contribution >= 0.6 is 23.2 Å². The second-order valence-corrected chi connectivity index (χ2v) is 7.72. The van der Waals surface area contributed by atoms with Gasteiger partial charge in [0.25, 0.3) is 0 Å². The van der Waals surface area contributed by atoms with Gasteiger partial charge in [-0.3, -0.25) is 9.59 Å². The first-order valence-corrected chi connectivity index (χ1v) is 10.2. The van der Waals surface area contributed by atoms with Crippen LogP contribution in [0.3, 0.4) is 0 Å². The number of halogens is 2. The Morgan fingerprint density at radius 3 is 2.23 bits per heavy atom. The molecule has 0 radical (unpaired) electrons. The quantitative estimate of drug-likeness (QED) is 0.283. The minimum atomic E-state index is -0.912. The highest BCUT2D eigenvalue weighted by Crippen LogP contribution is 2.29. The number of anilines is 1. The van der Waals surface area contributed by atoms with Crippen molar-refractivity contribution >= 4 is 51.4 Å². The smallest absolute Gasteiger partial charge is 0.246 e. The highest BCUT2D eigenvalue weighted by molar-refractivity contribution is 6.33. The SMILES string of the molecule is O=C(c1ccccc1)c1cc(Cl)ccc1NC(=O)C(Cl)c1ccc2ccccc2c1.